The quantitative estimate of drug-likeness (QED) is 0.287. The van der Waals surface area contributed by atoms with E-state index in [2.05, 4.69) is 11.8 Å². The van der Waals surface area contributed by atoms with Crippen LogP contribution in [0.25, 0.3) is 0 Å². The summed E-state index contributed by atoms with van der Waals surface area (Å²) in [6.45, 7) is 3.03. The number of benzene rings is 2. The number of nitriles is 1. The highest BCUT2D eigenvalue weighted by Crippen LogP contribution is 2.48. The molecule has 0 fully saturated rings. The number of nitrogens with zero attached hydrogens (tertiary/aromatic N) is 2. The van der Waals surface area contributed by atoms with Gasteiger partial charge in [-0.15, -0.1) is 0 Å². The van der Waals surface area contributed by atoms with Gasteiger partial charge in [-0.25, -0.2) is 4.39 Å². The van der Waals surface area contributed by atoms with E-state index in [0.29, 0.717) is 0 Å². The van der Waals surface area contributed by atoms with Crippen LogP contribution in [0.5, 0.6) is 5.75 Å². The van der Waals surface area contributed by atoms with E-state index < -0.39 is 46.5 Å². The Balaban J connectivity index is 2.00. The summed E-state index contributed by atoms with van der Waals surface area (Å²) in [5.41, 5.74) is -4.72. The normalized spacial score (nSPS) is 19.0. The van der Waals surface area contributed by atoms with Gasteiger partial charge in [-0.05, 0) is 49.6 Å². The van der Waals surface area contributed by atoms with Crippen LogP contribution in [0, 0.1) is 46.0 Å². The van der Waals surface area contributed by atoms with Gasteiger partial charge in [0, 0.05) is 23.5 Å². The number of nitro benzene ring substituents is 1. The van der Waals surface area contributed by atoms with Crippen molar-refractivity contribution < 1.29 is 32.3 Å². The van der Waals surface area contributed by atoms with E-state index in [0.717, 1.165) is 18.2 Å². The third-order valence-corrected chi connectivity index (χ3v) is 5.95. The maximum absolute atomic E-state index is 14.0. The van der Waals surface area contributed by atoms with E-state index in [1.165, 1.54) is 26.0 Å². The second-order valence-electron chi connectivity index (χ2n) is 8.54. The molecule has 10 heteroatoms. The summed E-state index contributed by atoms with van der Waals surface area (Å²) in [6.07, 6.45) is -6.85. The van der Waals surface area contributed by atoms with Gasteiger partial charge < -0.3 is 9.84 Å². The van der Waals surface area contributed by atoms with Gasteiger partial charge in [0.1, 0.15) is 17.1 Å². The Bertz CT molecular complexity index is 1240. The first-order chi connectivity index (χ1) is 15.8. The number of hydrogen-bond donors (Lipinski definition) is 1. The van der Waals surface area contributed by atoms with Gasteiger partial charge in [0.05, 0.1) is 23.2 Å². The lowest BCUT2D eigenvalue weighted by Crippen LogP contribution is -2.50. The fraction of sp³-hybridized carbons (Fsp3) is 0.375. The van der Waals surface area contributed by atoms with Gasteiger partial charge in [0.15, 0.2) is 5.60 Å². The summed E-state index contributed by atoms with van der Waals surface area (Å²) in [4.78, 5) is 10.6. The van der Waals surface area contributed by atoms with Crippen LogP contribution in [0.4, 0.5) is 23.2 Å². The van der Waals surface area contributed by atoms with E-state index in [1.54, 1.807) is 6.07 Å². The summed E-state index contributed by atoms with van der Waals surface area (Å²) in [7, 11) is 0. The van der Waals surface area contributed by atoms with Crippen molar-refractivity contribution in [3.63, 3.8) is 0 Å². The van der Waals surface area contributed by atoms with Crippen LogP contribution in [-0.2, 0) is 5.41 Å². The van der Waals surface area contributed by atoms with Crippen molar-refractivity contribution in [1.82, 2.24) is 0 Å². The fourth-order valence-corrected chi connectivity index (χ4v) is 4.13. The molecule has 2 aromatic rings. The average Bonchev–Trinajstić information content (AvgIpc) is 2.74. The van der Waals surface area contributed by atoms with Crippen molar-refractivity contribution in [3.8, 4) is 23.7 Å². The summed E-state index contributed by atoms with van der Waals surface area (Å²) in [6, 6.07) is 7.67. The first kappa shape index (κ1) is 25.0. The molecule has 0 aliphatic carbocycles. The van der Waals surface area contributed by atoms with Crippen LogP contribution in [0.15, 0.2) is 30.3 Å². The minimum Gasteiger partial charge on any atom is -0.493 e. The minimum absolute atomic E-state index is 0.0138. The standard InChI is InChI=1S/C24H20F4N2O4/c1-15-10-16(13-29)11-20(30(32)33)18(15)4-3-7-23(31,24(26,27)28)14-22(2)8-9-34-21-6-5-17(25)12-19(21)22/h5-6,10-12,31H,7-9,14H2,1-2H3. The topological polar surface area (TPSA) is 96.4 Å². The number of fused-ring (bicyclic) bond motifs is 1. The third-order valence-electron chi connectivity index (χ3n) is 5.95. The lowest BCUT2D eigenvalue weighted by atomic mass is 9.69. The maximum Gasteiger partial charge on any atom is 0.418 e. The molecule has 0 aromatic heterocycles. The van der Waals surface area contributed by atoms with Gasteiger partial charge in [-0.1, -0.05) is 18.8 Å². The van der Waals surface area contributed by atoms with E-state index >= 15 is 0 Å². The van der Waals surface area contributed by atoms with Crippen molar-refractivity contribution >= 4 is 5.69 Å². The van der Waals surface area contributed by atoms with Gasteiger partial charge in [-0.3, -0.25) is 10.1 Å². The largest absolute Gasteiger partial charge is 0.493 e. The molecule has 178 valence electrons. The number of rotatable bonds is 4. The second kappa shape index (κ2) is 8.96. The molecule has 2 atom stereocenters. The molecule has 1 aliphatic heterocycles. The Kier molecular flexibility index (Phi) is 6.59. The molecule has 34 heavy (non-hydrogen) atoms. The molecule has 1 N–H and O–H groups in total. The van der Waals surface area contributed by atoms with E-state index in [4.69, 9.17) is 10.00 Å². The number of ether oxygens (including phenoxy) is 1. The number of aliphatic hydroxyl groups is 1. The average molecular weight is 476 g/mol. The number of halogens is 4. The zero-order valence-corrected chi connectivity index (χ0v) is 18.3. The Morgan fingerprint density at radius 3 is 2.62 bits per heavy atom. The zero-order valence-electron chi connectivity index (χ0n) is 18.3. The SMILES string of the molecule is Cc1cc(C#N)cc([N+](=O)[O-])c1C#CCC(O)(CC1(C)CCOc2ccc(F)cc21)C(F)(F)F. The number of alkyl halides is 3. The van der Waals surface area contributed by atoms with Gasteiger partial charge in [0.25, 0.3) is 5.69 Å². The van der Waals surface area contributed by atoms with Gasteiger partial charge in [-0.2, -0.15) is 18.4 Å². The molecular formula is C24H20F4N2O4. The summed E-state index contributed by atoms with van der Waals surface area (Å²) in [5.74, 6) is 4.23. The molecule has 6 nitrogen and oxygen atoms in total. The summed E-state index contributed by atoms with van der Waals surface area (Å²) >= 11 is 0. The Morgan fingerprint density at radius 1 is 1.29 bits per heavy atom. The van der Waals surface area contributed by atoms with E-state index in [9.17, 15) is 32.8 Å². The van der Waals surface area contributed by atoms with Crippen LogP contribution < -0.4 is 4.74 Å². The van der Waals surface area contributed by atoms with Crippen LogP contribution in [0.2, 0.25) is 0 Å². The predicted octanol–water partition coefficient (Wildman–Crippen LogP) is 5.08. The molecule has 0 spiro atoms. The fourth-order valence-electron chi connectivity index (χ4n) is 4.13. The Morgan fingerprint density at radius 2 is 2.00 bits per heavy atom. The van der Waals surface area contributed by atoms with E-state index in [1.807, 2.05) is 0 Å². The molecule has 0 radical (unpaired) electrons. The molecular weight excluding hydrogens is 456 g/mol. The highest BCUT2D eigenvalue weighted by atomic mass is 19.4. The van der Waals surface area contributed by atoms with Crippen molar-refractivity contribution in [2.24, 2.45) is 0 Å². The first-order valence-corrected chi connectivity index (χ1v) is 10.2. The maximum atomic E-state index is 14.0. The van der Waals surface area contributed by atoms with Gasteiger partial charge >= 0.3 is 6.18 Å². The Labute approximate surface area is 192 Å². The van der Waals surface area contributed by atoms with Crippen molar-refractivity contribution in [2.75, 3.05) is 6.61 Å². The van der Waals surface area contributed by atoms with Crippen molar-refractivity contribution in [2.45, 2.75) is 50.3 Å². The molecule has 2 aromatic carbocycles. The van der Waals surface area contributed by atoms with Gasteiger partial charge in [0.2, 0.25) is 0 Å². The van der Waals surface area contributed by atoms with Crippen LogP contribution >= 0.6 is 0 Å². The number of nitro groups is 1. The molecule has 1 aliphatic rings. The highest BCUT2D eigenvalue weighted by Gasteiger charge is 2.57. The molecule has 2 unspecified atom stereocenters. The molecule has 1 heterocycles. The van der Waals surface area contributed by atoms with Crippen molar-refractivity contribution in [1.29, 1.82) is 5.26 Å². The minimum atomic E-state index is -5.08. The molecule has 0 saturated carbocycles. The molecule has 0 amide bonds. The van der Waals surface area contributed by atoms with Crippen molar-refractivity contribution in [3.05, 3.63) is 68.5 Å². The monoisotopic (exact) mass is 476 g/mol. The lowest BCUT2D eigenvalue weighted by molar-refractivity contribution is -0.385. The predicted molar refractivity (Wildman–Crippen MR) is 114 cm³/mol. The Hall–Kier alpha value is -3.63. The first-order valence-electron chi connectivity index (χ1n) is 10.2. The lowest BCUT2D eigenvalue weighted by Gasteiger charge is -2.41. The smallest absolute Gasteiger partial charge is 0.418 e. The number of hydrogen-bond acceptors (Lipinski definition) is 5. The molecule has 3 rings (SSSR count). The third kappa shape index (κ3) is 4.82. The summed E-state index contributed by atoms with van der Waals surface area (Å²) < 4.78 is 61.4. The second-order valence-corrected chi connectivity index (χ2v) is 8.54. The van der Waals surface area contributed by atoms with Crippen LogP contribution in [0.1, 0.15) is 48.4 Å². The van der Waals surface area contributed by atoms with Crippen LogP contribution in [-0.4, -0.2) is 28.4 Å². The van der Waals surface area contributed by atoms with E-state index in [-0.39, 0.29) is 41.0 Å². The van der Waals surface area contributed by atoms with Crippen LogP contribution in [0.3, 0.4) is 0 Å². The highest BCUT2D eigenvalue weighted by molar-refractivity contribution is 5.59. The number of aryl methyl sites for hydroxylation is 1. The molecule has 0 saturated heterocycles. The molecule has 0 bridgehead atoms. The summed E-state index contributed by atoms with van der Waals surface area (Å²) in [5, 5.41) is 31.1. The zero-order chi connectivity index (χ0) is 25.3.